The zero-order valence-corrected chi connectivity index (χ0v) is 17.4. The van der Waals surface area contributed by atoms with Crippen molar-refractivity contribution < 1.29 is 4.74 Å². The van der Waals surface area contributed by atoms with Crippen LogP contribution < -0.4 is 5.73 Å². The number of rotatable bonds is 2. The molecule has 0 saturated heterocycles. The number of hydrogen-bond donors (Lipinski definition) is 1. The van der Waals surface area contributed by atoms with Gasteiger partial charge in [0.1, 0.15) is 5.84 Å². The van der Waals surface area contributed by atoms with Gasteiger partial charge in [0.05, 0.1) is 17.5 Å². The molecule has 2 spiro atoms. The molecule has 0 radical (unpaired) electrons. The van der Waals surface area contributed by atoms with E-state index < -0.39 is 5.66 Å². The molecule has 1 unspecified atom stereocenters. The van der Waals surface area contributed by atoms with Gasteiger partial charge in [-0.05, 0) is 75.3 Å². The molecule has 5 nitrogen and oxygen atoms in total. The number of amidine groups is 1. The molecule has 1 aliphatic heterocycles. The molecule has 150 valence electrons. The molecule has 2 aromatic rings. The predicted molar refractivity (Wildman–Crippen MR) is 116 cm³/mol. The minimum absolute atomic E-state index is 0.0224. The molecule has 5 heteroatoms. The second-order valence-electron chi connectivity index (χ2n) is 8.85. The number of ether oxygens (including phenoxy) is 1. The van der Waals surface area contributed by atoms with E-state index in [0.717, 1.165) is 49.1 Å². The van der Waals surface area contributed by atoms with Gasteiger partial charge in [0.2, 0.25) is 0 Å². The molecule has 1 fully saturated rings. The number of aliphatic imine (C=N–C) groups is 2. The van der Waals surface area contributed by atoms with Gasteiger partial charge in [0.15, 0.2) is 5.66 Å². The summed E-state index contributed by atoms with van der Waals surface area (Å²) in [5.41, 5.74) is 12.4. The highest BCUT2D eigenvalue weighted by molar-refractivity contribution is 6.41. The first-order valence-corrected chi connectivity index (χ1v) is 10.5. The van der Waals surface area contributed by atoms with Crippen LogP contribution in [-0.4, -0.2) is 29.7 Å². The average molecular weight is 389 g/mol. The van der Waals surface area contributed by atoms with E-state index in [1.54, 1.807) is 0 Å². The van der Waals surface area contributed by atoms with Gasteiger partial charge in [-0.3, -0.25) is 9.98 Å². The fraction of sp³-hybridized carbons (Fsp3) is 0.458. The van der Waals surface area contributed by atoms with Crippen LogP contribution in [0.1, 0.15) is 49.3 Å². The Morgan fingerprint density at radius 2 is 1.86 bits per heavy atom. The average Bonchev–Trinajstić information content (AvgIpc) is 3.16. The monoisotopic (exact) mass is 388 g/mol. The van der Waals surface area contributed by atoms with Crippen LogP contribution in [0.5, 0.6) is 0 Å². The SMILES string of the molecule is CO[C@H]1CC[C@]2(CC1)Cc1ccc(-c3cc(C)ccn3)cc1C21N=C(C)C(N)=N1. The normalized spacial score (nSPS) is 30.5. The highest BCUT2D eigenvalue weighted by atomic mass is 16.5. The van der Waals surface area contributed by atoms with Crippen molar-refractivity contribution in [3.05, 3.63) is 53.2 Å². The number of fused-ring (bicyclic) bond motifs is 3. The minimum atomic E-state index is -0.602. The Bertz CT molecular complexity index is 1010. The van der Waals surface area contributed by atoms with E-state index in [2.05, 4.69) is 36.2 Å². The molecular weight excluding hydrogens is 360 g/mol. The van der Waals surface area contributed by atoms with Crippen LogP contribution in [0.2, 0.25) is 0 Å². The van der Waals surface area contributed by atoms with Crippen LogP contribution >= 0.6 is 0 Å². The van der Waals surface area contributed by atoms with Crippen LogP contribution in [0.25, 0.3) is 11.3 Å². The number of hydrogen-bond acceptors (Lipinski definition) is 5. The van der Waals surface area contributed by atoms with Gasteiger partial charge in [-0.1, -0.05) is 12.1 Å². The Hall–Kier alpha value is -2.53. The molecule has 0 bridgehead atoms. The fourth-order valence-corrected chi connectivity index (χ4v) is 5.52. The summed E-state index contributed by atoms with van der Waals surface area (Å²) < 4.78 is 5.65. The lowest BCUT2D eigenvalue weighted by molar-refractivity contribution is -0.000372. The zero-order valence-electron chi connectivity index (χ0n) is 17.4. The van der Waals surface area contributed by atoms with Crippen molar-refractivity contribution in [3.63, 3.8) is 0 Å². The lowest BCUT2D eigenvalue weighted by Crippen LogP contribution is -2.43. The quantitative estimate of drug-likeness (QED) is 0.839. The third-order valence-corrected chi connectivity index (χ3v) is 7.17. The number of aromatic nitrogens is 1. The Kier molecular flexibility index (Phi) is 4.14. The van der Waals surface area contributed by atoms with E-state index >= 15 is 0 Å². The van der Waals surface area contributed by atoms with E-state index in [1.807, 2.05) is 26.3 Å². The maximum Gasteiger partial charge on any atom is 0.184 e. The molecule has 1 aromatic carbocycles. The van der Waals surface area contributed by atoms with Gasteiger partial charge in [0, 0.05) is 29.8 Å². The topological polar surface area (TPSA) is 72.9 Å². The van der Waals surface area contributed by atoms with Crippen molar-refractivity contribution in [3.8, 4) is 11.3 Å². The van der Waals surface area contributed by atoms with Crippen LogP contribution in [0.4, 0.5) is 0 Å². The van der Waals surface area contributed by atoms with Crippen LogP contribution in [0.15, 0.2) is 46.5 Å². The summed E-state index contributed by atoms with van der Waals surface area (Å²) in [6.07, 6.45) is 7.38. The van der Waals surface area contributed by atoms with Gasteiger partial charge < -0.3 is 10.5 Å². The summed E-state index contributed by atoms with van der Waals surface area (Å²) in [6.45, 7) is 4.07. The first kappa shape index (κ1) is 18.5. The summed E-state index contributed by atoms with van der Waals surface area (Å²) >= 11 is 0. The van der Waals surface area contributed by atoms with E-state index in [0.29, 0.717) is 11.9 Å². The number of aryl methyl sites for hydroxylation is 1. The van der Waals surface area contributed by atoms with Crippen molar-refractivity contribution in [2.75, 3.05) is 7.11 Å². The van der Waals surface area contributed by atoms with Crippen molar-refractivity contribution in [1.29, 1.82) is 0 Å². The molecule has 2 heterocycles. The largest absolute Gasteiger partial charge is 0.382 e. The maximum absolute atomic E-state index is 6.28. The summed E-state index contributed by atoms with van der Waals surface area (Å²) in [7, 11) is 1.82. The van der Waals surface area contributed by atoms with Crippen molar-refractivity contribution in [2.45, 2.75) is 57.7 Å². The van der Waals surface area contributed by atoms with Crippen LogP contribution in [0.3, 0.4) is 0 Å². The standard InChI is InChI=1S/C24H28N4O/c1-15-8-11-26-21(12-15)17-4-5-18-14-23(9-6-19(29-3)7-10-23)24(20(18)13-17)27-16(2)22(25)28-24/h4-5,8,11-13,19H,6-7,9-10,14H2,1-3H3,(H2,25,28)/t19-,23-,24?. The van der Waals surface area contributed by atoms with E-state index in [1.165, 1.54) is 16.7 Å². The van der Waals surface area contributed by atoms with E-state index in [9.17, 15) is 0 Å². The smallest absolute Gasteiger partial charge is 0.184 e. The lowest BCUT2D eigenvalue weighted by Gasteiger charge is -2.44. The number of nitrogens with two attached hydrogens (primary N) is 1. The Morgan fingerprint density at radius 3 is 2.52 bits per heavy atom. The van der Waals surface area contributed by atoms with E-state index in [-0.39, 0.29) is 5.41 Å². The number of methoxy groups -OCH3 is 1. The number of pyridine rings is 1. The van der Waals surface area contributed by atoms with Gasteiger partial charge >= 0.3 is 0 Å². The molecule has 1 aromatic heterocycles. The molecule has 1 saturated carbocycles. The van der Waals surface area contributed by atoms with Gasteiger partial charge in [-0.15, -0.1) is 0 Å². The summed E-state index contributed by atoms with van der Waals surface area (Å²) in [4.78, 5) is 14.8. The fourth-order valence-electron chi connectivity index (χ4n) is 5.52. The highest BCUT2D eigenvalue weighted by Gasteiger charge is 2.60. The van der Waals surface area contributed by atoms with E-state index in [4.69, 9.17) is 20.5 Å². The van der Waals surface area contributed by atoms with Crippen molar-refractivity contribution in [1.82, 2.24) is 4.98 Å². The first-order chi connectivity index (χ1) is 14.0. The van der Waals surface area contributed by atoms with Crippen molar-refractivity contribution >= 4 is 11.5 Å². The van der Waals surface area contributed by atoms with Crippen LogP contribution in [0, 0.1) is 12.3 Å². The Morgan fingerprint density at radius 1 is 1.07 bits per heavy atom. The molecule has 2 N–H and O–H groups in total. The number of benzene rings is 1. The molecule has 1 atom stereocenters. The predicted octanol–water partition coefficient (Wildman–Crippen LogP) is 4.17. The first-order valence-electron chi connectivity index (χ1n) is 10.5. The third kappa shape index (κ3) is 2.67. The zero-order chi connectivity index (χ0) is 20.2. The Balaban J connectivity index is 1.65. The second-order valence-corrected chi connectivity index (χ2v) is 8.85. The third-order valence-electron chi connectivity index (χ3n) is 7.17. The highest BCUT2D eigenvalue weighted by Crippen LogP contribution is 2.62. The summed E-state index contributed by atoms with van der Waals surface area (Å²) in [5, 5.41) is 0. The Labute approximate surface area is 172 Å². The number of nitrogens with zero attached hydrogens (tertiary/aromatic N) is 3. The maximum atomic E-state index is 6.28. The molecule has 5 rings (SSSR count). The lowest BCUT2D eigenvalue weighted by atomic mass is 9.65. The summed E-state index contributed by atoms with van der Waals surface area (Å²) in [5.74, 6) is 0.574. The van der Waals surface area contributed by atoms with Crippen molar-refractivity contribution in [2.24, 2.45) is 21.1 Å². The molecule has 3 aliphatic rings. The summed E-state index contributed by atoms with van der Waals surface area (Å²) in [6, 6.07) is 10.9. The molecule has 0 amide bonds. The van der Waals surface area contributed by atoms with Gasteiger partial charge in [-0.25, -0.2) is 4.99 Å². The van der Waals surface area contributed by atoms with Gasteiger partial charge in [-0.2, -0.15) is 0 Å². The molecule has 2 aliphatic carbocycles. The van der Waals surface area contributed by atoms with Crippen LogP contribution in [-0.2, 0) is 16.8 Å². The minimum Gasteiger partial charge on any atom is -0.382 e. The second kappa shape index (κ2) is 6.49. The van der Waals surface area contributed by atoms with Gasteiger partial charge in [0.25, 0.3) is 0 Å². The molecule has 29 heavy (non-hydrogen) atoms. The molecular formula is C24H28N4O.